The van der Waals surface area contributed by atoms with Crippen molar-refractivity contribution in [2.45, 2.75) is 90.6 Å². The molecule has 32 heavy (non-hydrogen) atoms. The Labute approximate surface area is 190 Å². The normalized spacial score (nSPS) is 16.1. The lowest BCUT2D eigenvalue weighted by molar-refractivity contribution is -0.144. The second-order valence-electron chi connectivity index (χ2n) is 8.88. The first-order chi connectivity index (χ1) is 14.8. The number of rotatable bonds is 15. The Morgan fingerprint density at radius 2 is 1.41 bits per heavy atom. The van der Waals surface area contributed by atoms with Crippen LogP contribution in [0.4, 0.5) is 0 Å². The third-order valence-corrected chi connectivity index (χ3v) is 4.94. The van der Waals surface area contributed by atoms with Crippen molar-refractivity contribution >= 4 is 23.7 Å². The van der Waals surface area contributed by atoms with E-state index < -0.39 is 59.9 Å². The minimum absolute atomic E-state index is 0.0377. The van der Waals surface area contributed by atoms with Crippen molar-refractivity contribution in [1.82, 2.24) is 16.0 Å². The number of unbranched alkanes of at least 4 members (excludes halogenated alkanes) is 1. The second-order valence-corrected chi connectivity index (χ2v) is 8.88. The summed E-state index contributed by atoms with van der Waals surface area (Å²) in [5, 5.41) is 26.7. The first-order valence-electron chi connectivity index (χ1n) is 11.1. The minimum Gasteiger partial charge on any atom is -0.480 e. The Kier molecular flexibility index (Phi) is 13.7. The summed E-state index contributed by atoms with van der Waals surface area (Å²) in [6.07, 6.45) is 0.816. The molecule has 0 aromatic heterocycles. The van der Waals surface area contributed by atoms with Gasteiger partial charge in [-0.1, -0.05) is 34.1 Å². The summed E-state index contributed by atoms with van der Waals surface area (Å²) in [4.78, 5) is 49.3. The Morgan fingerprint density at radius 3 is 1.84 bits per heavy atom. The molecule has 0 rings (SSSR count). The Bertz CT molecular complexity index is 626. The summed E-state index contributed by atoms with van der Waals surface area (Å²) in [6, 6.07) is -4.36. The number of hydrogen-bond acceptors (Lipinski definition) is 7. The minimum atomic E-state index is -1.40. The van der Waals surface area contributed by atoms with E-state index in [1.807, 2.05) is 13.8 Å². The number of carbonyl (C=O) groups is 4. The van der Waals surface area contributed by atoms with Gasteiger partial charge in [0, 0.05) is 0 Å². The van der Waals surface area contributed by atoms with Gasteiger partial charge in [0.1, 0.15) is 18.1 Å². The summed E-state index contributed by atoms with van der Waals surface area (Å²) < 4.78 is 0. The van der Waals surface area contributed by atoms with Crippen molar-refractivity contribution in [3.63, 3.8) is 0 Å². The summed E-state index contributed by atoms with van der Waals surface area (Å²) in [6.45, 7) is 8.78. The van der Waals surface area contributed by atoms with E-state index in [2.05, 4.69) is 16.0 Å². The lowest BCUT2D eigenvalue weighted by atomic mass is 10.0. The summed E-state index contributed by atoms with van der Waals surface area (Å²) in [5.74, 6) is -3.59. The zero-order valence-electron chi connectivity index (χ0n) is 19.8. The zero-order chi connectivity index (χ0) is 25.0. The Hall–Kier alpha value is -2.24. The number of nitrogens with one attached hydrogen (secondary N) is 3. The molecule has 0 fully saturated rings. The molecule has 5 atom stereocenters. The van der Waals surface area contributed by atoms with Gasteiger partial charge in [-0.2, -0.15) is 0 Å². The van der Waals surface area contributed by atoms with Gasteiger partial charge in [-0.25, -0.2) is 4.79 Å². The molecule has 0 saturated heterocycles. The Morgan fingerprint density at radius 1 is 0.844 bits per heavy atom. The smallest absolute Gasteiger partial charge is 0.326 e. The average molecular weight is 460 g/mol. The number of aliphatic hydroxyl groups excluding tert-OH is 1. The summed E-state index contributed by atoms with van der Waals surface area (Å²) in [7, 11) is 0. The van der Waals surface area contributed by atoms with Crippen LogP contribution >= 0.6 is 0 Å². The van der Waals surface area contributed by atoms with Crippen LogP contribution in [0.25, 0.3) is 0 Å². The van der Waals surface area contributed by atoms with E-state index in [-0.39, 0.29) is 12.3 Å². The Balaban J connectivity index is 5.33. The molecular formula is C21H41N5O6. The van der Waals surface area contributed by atoms with Crippen LogP contribution in [0.5, 0.6) is 0 Å². The topological polar surface area (TPSA) is 197 Å². The van der Waals surface area contributed by atoms with E-state index in [9.17, 15) is 29.4 Å². The van der Waals surface area contributed by atoms with Gasteiger partial charge in [0.25, 0.3) is 0 Å². The van der Waals surface area contributed by atoms with Gasteiger partial charge in [0.2, 0.25) is 17.7 Å². The molecule has 3 amide bonds. The van der Waals surface area contributed by atoms with Crippen LogP contribution in [0.15, 0.2) is 0 Å². The van der Waals surface area contributed by atoms with Crippen molar-refractivity contribution in [2.24, 2.45) is 23.3 Å². The molecule has 0 spiro atoms. The molecular weight excluding hydrogens is 418 g/mol. The third-order valence-electron chi connectivity index (χ3n) is 4.94. The molecule has 0 aromatic rings. The van der Waals surface area contributed by atoms with Gasteiger partial charge < -0.3 is 37.6 Å². The highest BCUT2D eigenvalue weighted by atomic mass is 16.4. The summed E-state index contributed by atoms with van der Waals surface area (Å²) in [5.41, 5.74) is 11.3. The van der Waals surface area contributed by atoms with Crippen LogP contribution in [0.1, 0.15) is 60.3 Å². The van der Waals surface area contributed by atoms with Crippen LogP contribution in [0.3, 0.4) is 0 Å². The SMILES string of the molecule is CC(C)CC(NC(=O)C(N)CCCCN)C(=O)NC(C(=O)NC(C(=O)O)C(C)C)C(C)O. The second kappa shape index (κ2) is 14.8. The third kappa shape index (κ3) is 10.9. The highest BCUT2D eigenvalue weighted by Crippen LogP contribution is 2.08. The van der Waals surface area contributed by atoms with E-state index in [0.717, 1.165) is 6.42 Å². The molecule has 0 bridgehead atoms. The largest absolute Gasteiger partial charge is 0.480 e. The lowest BCUT2D eigenvalue weighted by Crippen LogP contribution is -2.60. The molecule has 0 saturated carbocycles. The van der Waals surface area contributed by atoms with Crippen LogP contribution in [-0.2, 0) is 19.2 Å². The highest BCUT2D eigenvalue weighted by Gasteiger charge is 2.33. The quantitative estimate of drug-likeness (QED) is 0.152. The zero-order valence-corrected chi connectivity index (χ0v) is 19.8. The standard InChI is InChI=1S/C21H41N5O6/c1-11(2)10-15(24-18(28)14(23)8-6-7-9-22)19(29)26-17(13(5)27)20(30)25-16(12(3)4)21(31)32/h11-17,27H,6-10,22-23H2,1-5H3,(H,24,28)(H,25,30)(H,26,29)(H,31,32). The average Bonchev–Trinajstić information content (AvgIpc) is 2.68. The fourth-order valence-electron chi connectivity index (χ4n) is 3.04. The van der Waals surface area contributed by atoms with Gasteiger partial charge in [-0.3, -0.25) is 14.4 Å². The molecule has 0 aliphatic rings. The molecule has 11 heteroatoms. The van der Waals surface area contributed by atoms with Crippen molar-refractivity contribution in [2.75, 3.05) is 6.54 Å². The van der Waals surface area contributed by atoms with E-state index >= 15 is 0 Å². The monoisotopic (exact) mass is 459 g/mol. The number of carboxylic acids is 1. The highest BCUT2D eigenvalue weighted by molar-refractivity contribution is 5.94. The van der Waals surface area contributed by atoms with Crippen LogP contribution < -0.4 is 27.4 Å². The predicted molar refractivity (Wildman–Crippen MR) is 120 cm³/mol. The number of nitrogens with two attached hydrogens (primary N) is 2. The van der Waals surface area contributed by atoms with E-state index in [0.29, 0.717) is 19.4 Å². The number of carbonyl (C=O) groups excluding carboxylic acids is 3. The first kappa shape index (κ1) is 29.8. The van der Waals surface area contributed by atoms with E-state index in [1.54, 1.807) is 13.8 Å². The molecule has 9 N–H and O–H groups in total. The van der Waals surface area contributed by atoms with Gasteiger partial charge in [-0.05, 0) is 44.6 Å². The molecule has 5 unspecified atom stereocenters. The van der Waals surface area contributed by atoms with Crippen LogP contribution in [0.2, 0.25) is 0 Å². The first-order valence-corrected chi connectivity index (χ1v) is 11.1. The summed E-state index contributed by atoms with van der Waals surface area (Å²) >= 11 is 0. The molecule has 0 aromatic carbocycles. The number of aliphatic carboxylic acids is 1. The van der Waals surface area contributed by atoms with Gasteiger partial charge in [0.15, 0.2) is 0 Å². The van der Waals surface area contributed by atoms with Crippen LogP contribution in [-0.4, -0.2) is 70.7 Å². The number of amides is 3. The molecule has 0 aliphatic heterocycles. The van der Waals surface area contributed by atoms with Crippen LogP contribution in [0, 0.1) is 11.8 Å². The molecule has 0 aliphatic carbocycles. The van der Waals surface area contributed by atoms with Crippen molar-refractivity contribution in [3.8, 4) is 0 Å². The number of hydrogen-bond donors (Lipinski definition) is 7. The van der Waals surface area contributed by atoms with Crippen molar-refractivity contribution < 1.29 is 29.4 Å². The lowest BCUT2D eigenvalue weighted by Gasteiger charge is -2.27. The number of aliphatic hydroxyl groups is 1. The predicted octanol–water partition coefficient (Wildman–Crippen LogP) is -0.935. The van der Waals surface area contributed by atoms with E-state index in [4.69, 9.17) is 11.5 Å². The maximum atomic E-state index is 12.9. The molecule has 0 heterocycles. The maximum Gasteiger partial charge on any atom is 0.326 e. The number of carboxylic acid groups (broad SMARTS) is 1. The fraction of sp³-hybridized carbons (Fsp3) is 0.810. The molecule has 11 nitrogen and oxygen atoms in total. The molecule has 0 radical (unpaired) electrons. The maximum absolute atomic E-state index is 12.9. The van der Waals surface area contributed by atoms with Crippen molar-refractivity contribution in [1.29, 1.82) is 0 Å². The van der Waals surface area contributed by atoms with Crippen molar-refractivity contribution in [3.05, 3.63) is 0 Å². The van der Waals surface area contributed by atoms with Gasteiger partial charge in [0.05, 0.1) is 12.1 Å². The van der Waals surface area contributed by atoms with E-state index in [1.165, 1.54) is 6.92 Å². The fourth-order valence-corrected chi connectivity index (χ4v) is 3.04. The molecule has 186 valence electrons. The van der Waals surface area contributed by atoms with Gasteiger partial charge in [-0.15, -0.1) is 0 Å². The van der Waals surface area contributed by atoms with Gasteiger partial charge >= 0.3 is 5.97 Å².